The summed E-state index contributed by atoms with van der Waals surface area (Å²) in [6.07, 6.45) is 0. The van der Waals surface area contributed by atoms with Crippen LogP contribution in [0.5, 0.6) is 0 Å². The highest BCUT2D eigenvalue weighted by molar-refractivity contribution is 7.22. The van der Waals surface area contributed by atoms with Crippen molar-refractivity contribution in [2.75, 3.05) is 5.32 Å². The van der Waals surface area contributed by atoms with Crippen LogP contribution >= 0.6 is 11.3 Å². The van der Waals surface area contributed by atoms with Crippen LogP contribution in [-0.2, 0) is 0 Å². The third-order valence-electron chi connectivity index (χ3n) is 2.64. The molecule has 1 N–H and O–H groups in total. The number of anilines is 2. The second-order valence-corrected chi connectivity index (χ2v) is 5.17. The second kappa shape index (κ2) is 4.67. The number of hydrogen-bond acceptors (Lipinski definition) is 5. The Morgan fingerprint density at radius 2 is 2.11 bits per heavy atom. The average molecular weight is 266 g/mol. The zero-order valence-electron chi connectivity index (χ0n) is 10.2. The lowest BCUT2D eigenvalue weighted by molar-refractivity contribution is 1.25. The van der Waals surface area contributed by atoms with Gasteiger partial charge in [0.2, 0.25) is 0 Å². The van der Waals surface area contributed by atoms with Gasteiger partial charge in [-0.15, -0.1) is 0 Å². The molecule has 0 saturated heterocycles. The number of hydrogen-bond donors (Lipinski definition) is 1. The number of aromatic nitrogens is 2. The molecule has 0 unspecified atom stereocenters. The fraction of sp³-hybridized carbons (Fsp3) is 0.0714. The van der Waals surface area contributed by atoms with Crippen molar-refractivity contribution in [1.29, 1.82) is 5.26 Å². The predicted molar refractivity (Wildman–Crippen MR) is 76.6 cm³/mol. The molecule has 0 amide bonds. The first-order chi connectivity index (χ1) is 9.24. The Morgan fingerprint density at radius 1 is 1.21 bits per heavy atom. The number of pyridine rings is 1. The van der Waals surface area contributed by atoms with Crippen LogP contribution in [0, 0.1) is 18.3 Å². The monoisotopic (exact) mass is 266 g/mol. The highest BCUT2D eigenvalue weighted by Gasteiger charge is 2.05. The van der Waals surface area contributed by atoms with Gasteiger partial charge in [0.1, 0.15) is 17.6 Å². The molecular formula is C14H10N4S. The van der Waals surface area contributed by atoms with Gasteiger partial charge in [-0.2, -0.15) is 5.26 Å². The molecule has 3 rings (SSSR count). The SMILES string of the molecule is Cc1ccc2nc(Nc3cccc(C#N)n3)sc2c1. The van der Waals surface area contributed by atoms with Gasteiger partial charge in [0.25, 0.3) is 0 Å². The molecule has 3 aromatic rings. The Kier molecular flexibility index (Phi) is 2.86. The van der Waals surface area contributed by atoms with Crippen molar-refractivity contribution < 1.29 is 0 Å². The van der Waals surface area contributed by atoms with Crippen LogP contribution in [0.2, 0.25) is 0 Å². The lowest BCUT2D eigenvalue weighted by atomic mass is 10.2. The third kappa shape index (κ3) is 2.39. The molecule has 0 saturated carbocycles. The highest BCUT2D eigenvalue weighted by atomic mass is 32.1. The predicted octanol–water partition coefficient (Wildman–Crippen LogP) is 3.62. The number of thiazole rings is 1. The molecule has 0 aliphatic rings. The molecule has 0 radical (unpaired) electrons. The van der Waals surface area contributed by atoms with E-state index in [1.54, 1.807) is 23.5 Å². The summed E-state index contributed by atoms with van der Waals surface area (Å²) in [5.74, 6) is 0.634. The minimum absolute atomic E-state index is 0.391. The van der Waals surface area contributed by atoms with Crippen LogP contribution in [0.3, 0.4) is 0 Å². The smallest absolute Gasteiger partial charge is 0.189 e. The molecule has 0 atom stereocenters. The maximum Gasteiger partial charge on any atom is 0.189 e. The van der Waals surface area contributed by atoms with Crippen molar-refractivity contribution in [3.05, 3.63) is 47.7 Å². The first-order valence-electron chi connectivity index (χ1n) is 5.76. The van der Waals surface area contributed by atoms with Gasteiger partial charge in [-0.25, -0.2) is 9.97 Å². The van der Waals surface area contributed by atoms with Crippen LogP contribution in [0.15, 0.2) is 36.4 Å². The minimum atomic E-state index is 0.391. The van der Waals surface area contributed by atoms with Crippen molar-refractivity contribution in [2.45, 2.75) is 6.92 Å². The van der Waals surface area contributed by atoms with E-state index < -0.39 is 0 Å². The summed E-state index contributed by atoms with van der Waals surface area (Å²) in [7, 11) is 0. The zero-order chi connectivity index (χ0) is 13.2. The van der Waals surface area contributed by atoms with Gasteiger partial charge in [0, 0.05) is 0 Å². The Hall–Kier alpha value is -2.45. The maximum atomic E-state index is 8.82. The fourth-order valence-corrected chi connectivity index (χ4v) is 2.73. The summed E-state index contributed by atoms with van der Waals surface area (Å²) < 4.78 is 1.14. The lowest BCUT2D eigenvalue weighted by Gasteiger charge is -2.00. The second-order valence-electron chi connectivity index (χ2n) is 4.14. The lowest BCUT2D eigenvalue weighted by Crippen LogP contribution is -1.93. The van der Waals surface area contributed by atoms with E-state index in [4.69, 9.17) is 5.26 Å². The van der Waals surface area contributed by atoms with Gasteiger partial charge in [-0.3, -0.25) is 0 Å². The summed E-state index contributed by atoms with van der Waals surface area (Å²) >= 11 is 1.57. The standard InChI is InChI=1S/C14H10N4S/c1-9-5-6-11-12(7-9)19-14(17-11)18-13-4-2-3-10(8-15)16-13/h2-7H,1H3,(H,16,17,18). The first kappa shape index (κ1) is 11.6. The van der Waals surface area contributed by atoms with Crippen molar-refractivity contribution in [3.63, 3.8) is 0 Å². The number of nitrogens with zero attached hydrogens (tertiary/aromatic N) is 3. The number of benzene rings is 1. The van der Waals surface area contributed by atoms with Gasteiger partial charge >= 0.3 is 0 Å². The quantitative estimate of drug-likeness (QED) is 0.769. The molecule has 5 heteroatoms. The Bertz CT molecular complexity index is 785. The summed E-state index contributed by atoms with van der Waals surface area (Å²) in [5.41, 5.74) is 2.57. The molecular weight excluding hydrogens is 256 g/mol. The molecule has 0 fully saturated rings. The normalized spacial score (nSPS) is 10.3. The minimum Gasteiger partial charge on any atom is -0.316 e. The van der Waals surface area contributed by atoms with Gasteiger partial charge in [-0.1, -0.05) is 23.5 Å². The number of nitriles is 1. The van der Waals surface area contributed by atoms with Gasteiger partial charge < -0.3 is 5.32 Å². The summed E-state index contributed by atoms with van der Waals surface area (Å²) in [5, 5.41) is 12.7. The van der Waals surface area contributed by atoms with E-state index in [2.05, 4.69) is 28.3 Å². The fourth-order valence-electron chi connectivity index (χ4n) is 1.76. The molecule has 2 aromatic heterocycles. The summed E-state index contributed by atoms with van der Waals surface area (Å²) in [4.78, 5) is 8.66. The van der Waals surface area contributed by atoms with Gasteiger partial charge in [0.15, 0.2) is 5.13 Å². The highest BCUT2D eigenvalue weighted by Crippen LogP contribution is 2.28. The van der Waals surface area contributed by atoms with Crippen molar-refractivity contribution in [1.82, 2.24) is 9.97 Å². The summed E-state index contributed by atoms with van der Waals surface area (Å²) in [6, 6.07) is 13.5. The number of rotatable bonds is 2. The Balaban J connectivity index is 1.94. The molecule has 1 aromatic carbocycles. The number of fused-ring (bicyclic) bond motifs is 1. The van der Waals surface area contributed by atoms with E-state index in [0.29, 0.717) is 11.5 Å². The van der Waals surface area contributed by atoms with Crippen molar-refractivity contribution in [2.24, 2.45) is 0 Å². The molecule has 2 heterocycles. The van der Waals surface area contributed by atoms with E-state index >= 15 is 0 Å². The van der Waals surface area contributed by atoms with E-state index in [-0.39, 0.29) is 0 Å². The molecule has 0 aliphatic carbocycles. The van der Waals surface area contributed by atoms with Gasteiger partial charge in [0.05, 0.1) is 10.2 Å². The van der Waals surface area contributed by atoms with Crippen LogP contribution in [0.1, 0.15) is 11.3 Å². The van der Waals surface area contributed by atoms with Crippen LogP contribution < -0.4 is 5.32 Å². The van der Waals surface area contributed by atoms with Crippen LogP contribution in [0.25, 0.3) is 10.2 Å². The molecule has 0 spiro atoms. The average Bonchev–Trinajstić information content (AvgIpc) is 2.80. The van der Waals surface area contributed by atoms with Crippen molar-refractivity contribution in [3.8, 4) is 6.07 Å². The number of aryl methyl sites for hydroxylation is 1. The Labute approximate surface area is 114 Å². The van der Waals surface area contributed by atoms with E-state index in [1.165, 1.54) is 5.56 Å². The van der Waals surface area contributed by atoms with E-state index in [1.807, 2.05) is 24.3 Å². The zero-order valence-corrected chi connectivity index (χ0v) is 11.0. The number of nitrogens with one attached hydrogen (secondary N) is 1. The summed E-state index contributed by atoms with van der Waals surface area (Å²) in [6.45, 7) is 2.06. The van der Waals surface area contributed by atoms with Crippen LogP contribution in [0.4, 0.5) is 10.9 Å². The molecule has 19 heavy (non-hydrogen) atoms. The third-order valence-corrected chi connectivity index (χ3v) is 3.58. The largest absolute Gasteiger partial charge is 0.316 e. The molecule has 0 aliphatic heterocycles. The Morgan fingerprint density at radius 3 is 2.95 bits per heavy atom. The van der Waals surface area contributed by atoms with Crippen LogP contribution in [-0.4, -0.2) is 9.97 Å². The topological polar surface area (TPSA) is 61.6 Å². The maximum absolute atomic E-state index is 8.82. The first-order valence-corrected chi connectivity index (χ1v) is 6.57. The molecule has 0 bridgehead atoms. The van der Waals surface area contributed by atoms with Gasteiger partial charge in [-0.05, 0) is 36.8 Å². The molecule has 4 nitrogen and oxygen atoms in total. The van der Waals surface area contributed by atoms with E-state index in [9.17, 15) is 0 Å². The van der Waals surface area contributed by atoms with Crippen molar-refractivity contribution >= 4 is 32.5 Å². The molecule has 92 valence electrons. The van der Waals surface area contributed by atoms with E-state index in [0.717, 1.165) is 15.3 Å².